The van der Waals surface area contributed by atoms with E-state index in [9.17, 15) is 0 Å². The third-order valence-corrected chi connectivity index (χ3v) is 8.00. The van der Waals surface area contributed by atoms with Crippen molar-refractivity contribution >= 4 is 0 Å². The summed E-state index contributed by atoms with van der Waals surface area (Å²) >= 11 is 0. The molecule has 31 heavy (non-hydrogen) atoms. The van der Waals surface area contributed by atoms with Gasteiger partial charge in [0.05, 0.1) is 7.11 Å². The van der Waals surface area contributed by atoms with Gasteiger partial charge >= 0.3 is 0 Å². The molecule has 0 amide bonds. The first-order valence-electron chi connectivity index (χ1n) is 11.9. The van der Waals surface area contributed by atoms with Crippen LogP contribution >= 0.6 is 0 Å². The van der Waals surface area contributed by atoms with Crippen molar-refractivity contribution in [3.8, 4) is 11.5 Å². The molecule has 0 saturated heterocycles. The summed E-state index contributed by atoms with van der Waals surface area (Å²) in [5.74, 6) is 2.53. The van der Waals surface area contributed by atoms with Crippen LogP contribution in [0.25, 0.3) is 0 Å². The molecule has 0 aromatic heterocycles. The Bertz CT molecular complexity index is 949. The first kappa shape index (κ1) is 20.9. The fourth-order valence-electron chi connectivity index (χ4n) is 7.84. The van der Waals surface area contributed by atoms with E-state index >= 15 is 0 Å². The van der Waals surface area contributed by atoms with Crippen molar-refractivity contribution in [2.75, 3.05) is 7.11 Å². The predicted octanol–water partition coefficient (Wildman–Crippen LogP) is 6.42. The zero-order valence-electron chi connectivity index (χ0n) is 19.6. The molecule has 1 N–H and O–H groups in total. The highest BCUT2D eigenvalue weighted by molar-refractivity contribution is 5.43. The summed E-state index contributed by atoms with van der Waals surface area (Å²) in [4.78, 5) is 0. The number of aryl methyl sites for hydroxylation is 1. The van der Waals surface area contributed by atoms with Crippen LogP contribution in [0.5, 0.6) is 11.5 Å². The first-order valence-corrected chi connectivity index (χ1v) is 11.9. The number of rotatable bonds is 7. The van der Waals surface area contributed by atoms with Gasteiger partial charge in [-0.05, 0) is 85.5 Å². The molecular weight excluding hydrogens is 382 g/mol. The number of methoxy groups -OCH3 is 1. The summed E-state index contributed by atoms with van der Waals surface area (Å²) in [6.45, 7) is 8.63. The van der Waals surface area contributed by atoms with Crippen LogP contribution in [-0.4, -0.2) is 12.6 Å². The molecule has 2 aromatic carbocycles. The van der Waals surface area contributed by atoms with Crippen molar-refractivity contribution < 1.29 is 9.47 Å². The zero-order chi connectivity index (χ0) is 21.7. The van der Waals surface area contributed by atoms with Gasteiger partial charge in [0, 0.05) is 12.1 Å². The Kier molecular flexibility index (Phi) is 5.08. The molecule has 0 heterocycles. The summed E-state index contributed by atoms with van der Waals surface area (Å²) in [6.07, 6.45) is 8.31. The minimum Gasteiger partial charge on any atom is -0.493 e. The summed E-state index contributed by atoms with van der Waals surface area (Å²) < 4.78 is 11.8. The fraction of sp³-hybridized carbons (Fsp3) is 0.571. The van der Waals surface area contributed by atoms with Crippen LogP contribution in [0.4, 0.5) is 0 Å². The van der Waals surface area contributed by atoms with Crippen LogP contribution in [0.3, 0.4) is 0 Å². The number of hydrogen-bond donors (Lipinski definition) is 1. The summed E-state index contributed by atoms with van der Waals surface area (Å²) in [7, 11) is 1.73. The fourth-order valence-corrected chi connectivity index (χ4v) is 7.84. The minimum absolute atomic E-state index is 0.316. The lowest BCUT2D eigenvalue weighted by atomic mass is 9.43. The Labute approximate surface area is 187 Å². The molecule has 0 aliphatic heterocycles. The van der Waals surface area contributed by atoms with Crippen molar-refractivity contribution in [1.29, 1.82) is 0 Å². The second-order valence-corrected chi connectivity index (χ2v) is 11.5. The smallest absolute Gasteiger partial charge is 0.161 e. The molecule has 3 nitrogen and oxygen atoms in total. The molecule has 4 bridgehead atoms. The largest absolute Gasteiger partial charge is 0.493 e. The van der Waals surface area contributed by atoms with Crippen molar-refractivity contribution in [3.05, 3.63) is 59.2 Å². The van der Waals surface area contributed by atoms with E-state index in [0.29, 0.717) is 23.0 Å². The van der Waals surface area contributed by atoms with Crippen molar-refractivity contribution in [2.45, 2.75) is 78.0 Å². The van der Waals surface area contributed by atoms with Crippen LogP contribution in [0.2, 0.25) is 0 Å². The van der Waals surface area contributed by atoms with Gasteiger partial charge in [-0.1, -0.05) is 49.7 Å². The maximum atomic E-state index is 6.08. The average Bonchev–Trinajstić information content (AvgIpc) is 2.68. The lowest BCUT2D eigenvalue weighted by molar-refractivity contribution is -0.118. The van der Waals surface area contributed by atoms with Gasteiger partial charge in [0.15, 0.2) is 11.5 Å². The lowest BCUT2D eigenvalue weighted by Crippen LogP contribution is -2.63. The molecule has 4 aliphatic carbocycles. The number of ether oxygens (including phenoxy) is 2. The predicted molar refractivity (Wildman–Crippen MR) is 125 cm³/mol. The quantitative estimate of drug-likeness (QED) is 0.561. The SMILES string of the molecule is COc1cc(CNC23CC4CC(C)(CC(C)(C4)C2)C3)ccc1OCc1cccc(C)c1. The number of hydrogen-bond acceptors (Lipinski definition) is 3. The topological polar surface area (TPSA) is 30.5 Å². The van der Waals surface area contributed by atoms with Crippen LogP contribution in [0.1, 0.15) is 69.1 Å². The zero-order valence-corrected chi connectivity index (χ0v) is 19.6. The van der Waals surface area contributed by atoms with Crippen molar-refractivity contribution in [1.82, 2.24) is 5.32 Å². The number of nitrogens with one attached hydrogen (secondary N) is 1. The Morgan fingerprint density at radius 2 is 1.68 bits per heavy atom. The van der Waals surface area contributed by atoms with Gasteiger partial charge in [-0.2, -0.15) is 0 Å². The minimum atomic E-state index is 0.316. The van der Waals surface area contributed by atoms with Crippen molar-refractivity contribution in [3.63, 3.8) is 0 Å². The lowest BCUT2D eigenvalue weighted by Gasteiger charge is -2.65. The molecule has 2 aromatic rings. The second kappa shape index (κ2) is 7.55. The van der Waals surface area contributed by atoms with Gasteiger partial charge in [0.1, 0.15) is 6.61 Å². The maximum Gasteiger partial charge on any atom is 0.161 e. The van der Waals surface area contributed by atoms with Gasteiger partial charge in [-0.3, -0.25) is 0 Å². The van der Waals surface area contributed by atoms with Gasteiger partial charge in [-0.15, -0.1) is 0 Å². The van der Waals surface area contributed by atoms with Gasteiger partial charge in [0.2, 0.25) is 0 Å². The van der Waals surface area contributed by atoms with Crippen LogP contribution in [0.15, 0.2) is 42.5 Å². The molecule has 166 valence electrons. The molecular formula is C28H37NO2. The van der Waals surface area contributed by atoms with E-state index < -0.39 is 0 Å². The van der Waals surface area contributed by atoms with Crippen LogP contribution in [-0.2, 0) is 13.2 Å². The summed E-state index contributed by atoms with van der Waals surface area (Å²) in [6, 6.07) is 14.8. The van der Waals surface area contributed by atoms with E-state index in [0.717, 1.165) is 24.0 Å². The maximum absolute atomic E-state index is 6.08. The average molecular weight is 420 g/mol. The highest BCUT2D eigenvalue weighted by Crippen LogP contribution is 2.66. The Morgan fingerprint density at radius 3 is 2.35 bits per heavy atom. The van der Waals surface area contributed by atoms with Gasteiger partial charge < -0.3 is 14.8 Å². The highest BCUT2D eigenvalue weighted by atomic mass is 16.5. The van der Waals surface area contributed by atoms with E-state index in [4.69, 9.17) is 9.47 Å². The molecule has 3 heteroatoms. The van der Waals surface area contributed by atoms with E-state index in [1.807, 2.05) is 0 Å². The summed E-state index contributed by atoms with van der Waals surface area (Å²) in [5, 5.41) is 4.03. The van der Waals surface area contributed by atoms with E-state index in [1.165, 1.54) is 55.2 Å². The van der Waals surface area contributed by atoms with Crippen LogP contribution in [0, 0.1) is 23.7 Å². The Balaban J connectivity index is 1.26. The molecule has 6 rings (SSSR count). The Morgan fingerprint density at radius 1 is 0.903 bits per heavy atom. The van der Waals surface area contributed by atoms with Crippen molar-refractivity contribution in [2.24, 2.45) is 16.7 Å². The molecule has 2 unspecified atom stereocenters. The third-order valence-electron chi connectivity index (χ3n) is 8.00. The van der Waals surface area contributed by atoms with Gasteiger partial charge in [-0.25, -0.2) is 0 Å². The van der Waals surface area contributed by atoms with E-state index in [1.54, 1.807) is 7.11 Å². The molecule has 0 radical (unpaired) electrons. The monoisotopic (exact) mass is 419 g/mol. The normalized spacial score (nSPS) is 33.5. The van der Waals surface area contributed by atoms with E-state index in [-0.39, 0.29) is 0 Å². The van der Waals surface area contributed by atoms with E-state index in [2.05, 4.69) is 68.6 Å². The second-order valence-electron chi connectivity index (χ2n) is 11.5. The van der Waals surface area contributed by atoms with Gasteiger partial charge in [0.25, 0.3) is 0 Å². The van der Waals surface area contributed by atoms with Crippen LogP contribution < -0.4 is 14.8 Å². The molecule has 0 spiro atoms. The molecule has 4 fully saturated rings. The standard InChI is InChI=1S/C28H37NO2/c1-20-6-5-7-22(10-20)16-31-24-9-8-21(11-25(24)30-4)15-29-28-14-23-12-26(2,18-28)17-27(3,13-23)19-28/h5-11,23,29H,12-19H2,1-4H3. The highest BCUT2D eigenvalue weighted by Gasteiger charge is 2.59. The molecule has 4 saturated carbocycles. The Hall–Kier alpha value is -2.00. The third kappa shape index (κ3) is 4.22. The molecule has 4 aliphatic rings. The molecule has 2 atom stereocenters. The number of benzene rings is 2. The summed E-state index contributed by atoms with van der Waals surface area (Å²) in [5.41, 5.74) is 5.08. The first-order chi connectivity index (χ1) is 14.8.